The monoisotopic (exact) mass is 295 g/mol. The molecule has 0 bridgehead atoms. The minimum Gasteiger partial charge on any atom is -0.397 e. The van der Waals surface area contributed by atoms with Gasteiger partial charge in [0.1, 0.15) is 0 Å². The SMILES string of the molecule is Cc1cc(C)c(N)c(N2CCN(Cc3ccccc3)CC2)c1. The molecule has 2 N–H and O–H groups in total. The molecular weight excluding hydrogens is 270 g/mol. The van der Waals surface area contributed by atoms with Gasteiger partial charge >= 0.3 is 0 Å². The molecule has 0 saturated carbocycles. The Kier molecular flexibility index (Phi) is 4.34. The van der Waals surface area contributed by atoms with E-state index in [4.69, 9.17) is 5.73 Å². The number of nitrogens with two attached hydrogens (primary N) is 1. The third-order valence-corrected chi connectivity index (χ3v) is 4.47. The highest BCUT2D eigenvalue weighted by Crippen LogP contribution is 2.29. The molecule has 2 aromatic rings. The molecule has 3 rings (SSSR count). The first-order chi connectivity index (χ1) is 10.6. The molecule has 0 spiro atoms. The lowest BCUT2D eigenvalue weighted by molar-refractivity contribution is 0.250. The number of hydrogen-bond acceptors (Lipinski definition) is 3. The van der Waals surface area contributed by atoms with Crippen LogP contribution in [0.5, 0.6) is 0 Å². The highest BCUT2D eigenvalue weighted by atomic mass is 15.3. The van der Waals surface area contributed by atoms with Crippen LogP contribution in [-0.4, -0.2) is 31.1 Å². The van der Waals surface area contributed by atoms with E-state index in [1.807, 2.05) is 0 Å². The summed E-state index contributed by atoms with van der Waals surface area (Å²) in [6, 6.07) is 15.1. The second kappa shape index (κ2) is 6.41. The van der Waals surface area contributed by atoms with Gasteiger partial charge in [-0.2, -0.15) is 0 Å². The topological polar surface area (TPSA) is 32.5 Å². The van der Waals surface area contributed by atoms with Gasteiger partial charge in [-0.05, 0) is 36.6 Å². The van der Waals surface area contributed by atoms with Gasteiger partial charge in [-0.15, -0.1) is 0 Å². The van der Waals surface area contributed by atoms with Crippen LogP contribution in [0.2, 0.25) is 0 Å². The quantitative estimate of drug-likeness (QED) is 0.883. The van der Waals surface area contributed by atoms with E-state index < -0.39 is 0 Å². The molecule has 3 nitrogen and oxygen atoms in total. The predicted molar refractivity (Wildman–Crippen MR) is 94.3 cm³/mol. The van der Waals surface area contributed by atoms with Gasteiger partial charge in [-0.3, -0.25) is 4.90 Å². The Bertz CT molecular complexity index is 629. The van der Waals surface area contributed by atoms with E-state index in [0.29, 0.717) is 0 Å². The predicted octanol–water partition coefficient (Wildman–Crippen LogP) is 3.21. The van der Waals surface area contributed by atoms with Gasteiger partial charge in [-0.25, -0.2) is 0 Å². The molecule has 1 saturated heterocycles. The van der Waals surface area contributed by atoms with E-state index in [1.165, 1.54) is 22.4 Å². The van der Waals surface area contributed by atoms with E-state index >= 15 is 0 Å². The van der Waals surface area contributed by atoms with Crippen molar-refractivity contribution in [2.24, 2.45) is 0 Å². The van der Waals surface area contributed by atoms with Gasteiger partial charge in [0.05, 0.1) is 11.4 Å². The van der Waals surface area contributed by atoms with E-state index in [9.17, 15) is 0 Å². The maximum Gasteiger partial charge on any atom is 0.0606 e. The summed E-state index contributed by atoms with van der Waals surface area (Å²) >= 11 is 0. The third kappa shape index (κ3) is 3.25. The Labute approximate surface area is 133 Å². The second-order valence-electron chi connectivity index (χ2n) is 6.26. The van der Waals surface area contributed by atoms with Gasteiger partial charge in [0.15, 0.2) is 0 Å². The zero-order valence-electron chi connectivity index (χ0n) is 13.5. The van der Waals surface area contributed by atoms with Crippen LogP contribution < -0.4 is 10.6 Å². The van der Waals surface area contributed by atoms with Gasteiger partial charge in [0.2, 0.25) is 0 Å². The molecule has 116 valence electrons. The number of benzene rings is 2. The lowest BCUT2D eigenvalue weighted by Gasteiger charge is -2.37. The first kappa shape index (κ1) is 14.9. The molecule has 1 heterocycles. The second-order valence-corrected chi connectivity index (χ2v) is 6.26. The minimum absolute atomic E-state index is 0.933. The normalized spacial score (nSPS) is 16.0. The molecule has 0 aliphatic carbocycles. The highest BCUT2D eigenvalue weighted by molar-refractivity contribution is 5.72. The van der Waals surface area contributed by atoms with Crippen LogP contribution in [0.1, 0.15) is 16.7 Å². The van der Waals surface area contributed by atoms with E-state index in [0.717, 1.165) is 38.4 Å². The number of anilines is 2. The van der Waals surface area contributed by atoms with Crippen LogP contribution in [0, 0.1) is 13.8 Å². The molecule has 0 unspecified atom stereocenters. The van der Waals surface area contributed by atoms with Gasteiger partial charge in [0, 0.05) is 32.7 Å². The number of rotatable bonds is 3. The molecule has 3 heteroatoms. The summed E-state index contributed by atoms with van der Waals surface area (Å²) < 4.78 is 0. The molecular formula is C19H25N3. The maximum atomic E-state index is 6.29. The molecule has 22 heavy (non-hydrogen) atoms. The lowest BCUT2D eigenvalue weighted by Crippen LogP contribution is -2.46. The number of nitrogens with zero attached hydrogens (tertiary/aromatic N) is 2. The molecule has 2 aromatic carbocycles. The molecule has 0 amide bonds. The fraction of sp³-hybridized carbons (Fsp3) is 0.368. The first-order valence-corrected chi connectivity index (χ1v) is 8.01. The zero-order chi connectivity index (χ0) is 15.5. The summed E-state index contributed by atoms with van der Waals surface area (Å²) in [6.45, 7) is 9.53. The lowest BCUT2D eigenvalue weighted by atomic mass is 10.1. The fourth-order valence-electron chi connectivity index (χ4n) is 3.21. The van der Waals surface area contributed by atoms with Gasteiger partial charge in [-0.1, -0.05) is 36.4 Å². The summed E-state index contributed by atoms with van der Waals surface area (Å²) in [7, 11) is 0. The maximum absolute atomic E-state index is 6.29. The van der Waals surface area contributed by atoms with Crippen LogP contribution in [0.3, 0.4) is 0 Å². The van der Waals surface area contributed by atoms with Crippen molar-refractivity contribution in [3.63, 3.8) is 0 Å². The standard InChI is InChI=1S/C19H25N3/c1-15-12-16(2)19(20)18(13-15)22-10-8-21(9-11-22)14-17-6-4-3-5-7-17/h3-7,12-13H,8-11,14,20H2,1-2H3. The third-order valence-electron chi connectivity index (χ3n) is 4.47. The van der Waals surface area contributed by atoms with E-state index in [-0.39, 0.29) is 0 Å². The van der Waals surface area contributed by atoms with Crippen molar-refractivity contribution in [3.05, 3.63) is 59.2 Å². The summed E-state index contributed by atoms with van der Waals surface area (Å²) in [5.41, 5.74) is 12.3. The molecule has 0 atom stereocenters. The van der Waals surface area contributed by atoms with Crippen LogP contribution in [0.15, 0.2) is 42.5 Å². The van der Waals surface area contributed by atoms with Crippen molar-refractivity contribution in [3.8, 4) is 0 Å². The summed E-state index contributed by atoms with van der Waals surface area (Å²) in [5.74, 6) is 0. The van der Waals surface area contributed by atoms with Crippen molar-refractivity contribution >= 4 is 11.4 Å². The van der Waals surface area contributed by atoms with Crippen molar-refractivity contribution in [1.82, 2.24) is 4.90 Å². The average molecular weight is 295 g/mol. The Hall–Kier alpha value is -2.00. The molecule has 1 aliphatic heterocycles. The van der Waals surface area contributed by atoms with Crippen molar-refractivity contribution in [2.45, 2.75) is 20.4 Å². The van der Waals surface area contributed by atoms with Crippen LogP contribution >= 0.6 is 0 Å². The van der Waals surface area contributed by atoms with E-state index in [1.54, 1.807) is 0 Å². The van der Waals surface area contributed by atoms with Crippen molar-refractivity contribution in [1.29, 1.82) is 0 Å². The molecule has 0 aromatic heterocycles. The zero-order valence-corrected chi connectivity index (χ0v) is 13.5. The fourth-order valence-corrected chi connectivity index (χ4v) is 3.21. The first-order valence-electron chi connectivity index (χ1n) is 8.01. The smallest absolute Gasteiger partial charge is 0.0606 e. The molecule has 0 radical (unpaired) electrons. The number of aryl methyl sites for hydroxylation is 2. The highest BCUT2D eigenvalue weighted by Gasteiger charge is 2.19. The Morgan fingerprint density at radius 2 is 1.64 bits per heavy atom. The van der Waals surface area contributed by atoms with Crippen LogP contribution in [0.4, 0.5) is 11.4 Å². The summed E-state index contributed by atoms with van der Waals surface area (Å²) in [4.78, 5) is 4.95. The summed E-state index contributed by atoms with van der Waals surface area (Å²) in [6.07, 6.45) is 0. The number of nitrogen functional groups attached to an aromatic ring is 1. The minimum atomic E-state index is 0.933. The van der Waals surface area contributed by atoms with Crippen LogP contribution in [0.25, 0.3) is 0 Å². The van der Waals surface area contributed by atoms with Gasteiger partial charge in [0.25, 0.3) is 0 Å². The Morgan fingerprint density at radius 1 is 0.955 bits per heavy atom. The van der Waals surface area contributed by atoms with Gasteiger partial charge < -0.3 is 10.6 Å². The largest absolute Gasteiger partial charge is 0.397 e. The van der Waals surface area contributed by atoms with E-state index in [2.05, 4.69) is 66.1 Å². The number of piperazine rings is 1. The Morgan fingerprint density at radius 3 is 2.32 bits per heavy atom. The van der Waals surface area contributed by atoms with Crippen molar-refractivity contribution in [2.75, 3.05) is 36.8 Å². The average Bonchev–Trinajstić information content (AvgIpc) is 2.53. The Balaban J connectivity index is 1.65. The van der Waals surface area contributed by atoms with Crippen LogP contribution in [-0.2, 0) is 6.54 Å². The molecule has 1 aliphatic rings. The molecule has 1 fully saturated rings. The summed E-state index contributed by atoms with van der Waals surface area (Å²) in [5, 5.41) is 0. The number of hydrogen-bond donors (Lipinski definition) is 1. The van der Waals surface area contributed by atoms with Crippen molar-refractivity contribution < 1.29 is 0 Å².